The van der Waals surface area contributed by atoms with E-state index in [1.807, 2.05) is 0 Å². The zero-order valence-electron chi connectivity index (χ0n) is 25.0. The first-order chi connectivity index (χ1) is 21.8. The highest BCUT2D eigenvalue weighted by Crippen LogP contribution is 2.35. The summed E-state index contributed by atoms with van der Waals surface area (Å²) in [6.07, 6.45) is 0. The van der Waals surface area contributed by atoms with Gasteiger partial charge in [-0.15, -0.1) is 0 Å². The van der Waals surface area contributed by atoms with E-state index in [1.54, 1.807) is 0 Å². The van der Waals surface area contributed by atoms with E-state index in [9.17, 15) is 0 Å². The molecule has 0 unspecified atom stereocenters. The van der Waals surface area contributed by atoms with Gasteiger partial charge in [0.25, 0.3) is 0 Å². The standard InChI is InChI=1S/C42H38N2/c1-5-13-33(14-6-1)35-21-25-39(26-22-35)41(37-17-9-3-10-18-37)43-29-31-44(32-30-43)42(38-19-11-4-12-20-38)40-27-23-36(24-28-40)34-15-7-2-8-16-34/h1-28,41-42H,29-32H2/t41-,42+. The lowest BCUT2D eigenvalue weighted by molar-refractivity contribution is 0.0898. The van der Waals surface area contributed by atoms with Crippen molar-refractivity contribution in [3.05, 3.63) is 192 Å². The second kappa shape index (κ2) is 13.3. The van der Waals surface area contributed by atoms with E-state index in [1.165, 1.54) is 44.5 Å². The van der Waals surface area contributed by atoms with Gasteiger partial charge in [0.05, 0.1) is 12.1 Å². The third-order valence-corrected chi connectivity index (χ3v) is 8.98. The number of benzene rings is 6. The van der Waals surface area contributed by atoms with Gasteiger partial charge in [-0.1, -0.05) is 170 Å². The molecular formula is C42H38N2. The van der Waals surface area contributed by atoms with Crippen molar-refractivity contribution < 1.29 is 0 Å². The van der Waals surface area contributed by atoms with Gasteiger partial charge in [0.1, 0.15) is 0 Å². The highest BCUT2D eigenvalue weighted by Gasteiger charge is 2.30. The Morgan fingerprint density at radius 1 is 0.273 bits per heavy atom. The number of piperazine rings is 1. The van der Waals surface area contributed by atoms with Gasteiger partial charge >= 0.3 is 0 Å². The minimum atomic E-state index is 0.225. The molecule has 1 fully saturated rings. The van der Waals surface area contributed by atoms with E-state index in [0.717, 1.165) is 26.2 Å². The molecule has 2 atom stereocenters. The highest BCUT2D eigenvalue weighted by atomic mass is 15.3. The lowest BCUT2D eigenvalue weighted by Crippen LogP contribution is -2.49. The fraction of sp³-hybridized carbons (Fsp3) is 0.143. The molecule has 1 saturated heterocycles. The Balaban J connectivity index is 1.14. The fourth-order valence-electron chi connectivity index (χ4n) is 6.73. The molecule has 0 radical (unpaired) electrons. The molecule has 0 aromatic heterocycles. The van der Waals surface area contributed by atoms with Gasteiger partial charge in [-0.25, -0.2) is 0 Å². The van der Waals surface area contributed by atoms with Crippen LogP contribution in [-0.2, 0) is 0 Å². The third-order valence-electron chi connectivity index (χ3n) is 8.98. The van der Waals surface area contributed by atoms with Gasteiger partial charge in [0, 0.05) is 26.2 Å². The molecule has 0 saturated carbocycles. The second-order valence-corrected chi connectivity index (χ2v) is 11.7. The molecule has 44 heavy (non-hydrogen) atoms. The third kappa shape index (κ3) is 6.14. The van der Waals surface area contributed by atoms with E-state index < -0.39 is 0 Å². The van der Waals surface area contributed by atoms with E-state index in [2.05, 4.69) is 180 Å². The average molecular weight is 571 g/mol. The Morgan fingerprint density at radius 2 is 0.523 bits per heavy atom. The topological polar surface area (TPSA) is 6.48 Å². The summed E-state index contributed by atoms with van der Waals surface area (Å²) in [6, 6.07) is 62.2. The maximum absolute atomic E-state index is 2.67. The molecule has 7 rings (SSSR count). The van der Waals surface area contributed by atoms with E-state index in [-0.39, 0.29) is 12.1 Å². The van der Waals surface area contributed by atoms with E-state index in [4.69, 9.17) is 0 Å². The Morgan fingerprint density at radius 3 is 0.841 bits per heavy atom. The van der Waals surface area contributed by atoms with Gasteiger partial charge in [0.2, 0.25) is 0 Å². The lowest BCUT2D eigenvalue weighted by atomic mass is 9.93. The molecule has 0 spiro atoms. The first-order valence-corrected chi connectivity index (χ1v) is 15.7. The summed E-state index contributed by atoms with van der Waals surface area (Å²) in [4.78, 5) is 5.34. The summed E-state index contributed by atoms with van der Waals surface area (Å²) in [5.41, 5.74) is 10.4. The van der Waals surface area contributed by atoms with Crippen LogP contribution in [0.3, 0.4) is 0 Å². The Labute approximate surface area is 261 Å². The van der Waals surface area contributed by atoms with Crippen molar-refractivity contribution in [2.75, 3.05) is 26.2 Å². The summed E-state index contributed by atoms with van der Waals surface area (Å²) in [5.74, 6) is 0. The Kier molecular flexibility index (Phi) is 8.45. The second-order valence-electron chi connectivity index (χ2n) is 11.7. The smallest absolute Gasteiger partial charge is 0.0602 e. The van der Waals surface area contributed by atoms with Crippen molar-refractivity contribution in [3.63, 3.8) is 0 Å². The first kappa shape index (κ1) is 28.0. The minimum absolute atomic E-state index is 0.225. The van der Waals surface area contributed by atoms with Gasteiger partial charge in [-0.05, 0) is 44.5 Å². The number of hydrogen-bond acceptors (Lipinski definition) is 2. The molecule has 0 bridgehead atoms. The normalized spacial score (nSPS) is 15.5. The lowest BCUT2D eigenvalue weighted by Gasteiger charge is -2.43. The van der Waals surface area contributed by atoms with Crippen LogP contribution in [0.5, 0.6) is 0 Å². The van der Waals surface area contributed by atoms with Crippen LogP contribution < -0.4 is 0 Å². The molecule has 2 heteroatoms. The van der Waals surface area contributed by atoms with Crippen LogP contribution in [0.25, 0.3) is 22.3 Å². The highest BCUT2D eigenvalue weighted by molar-refractivity contribution is 5.64. The summed E-state index contributed by atoms with van der Waals surface area (Å²) in [6.45, 7) is 4.02. The molecule has 0 amide bonds. The van der Waals surface area contributed by atoms with Crippen molar-refractivity contribution in [1.82, 2.24) is 9.80 Å². The van der Waals surface area contributed by atoms with Crippen LogP contribution in [0.2, 0.25) is 0 Å². The van der Waals surface area contributed by atoms with Crippen LogP contribution >= 0.6 is 0 Å². The van der Waals surface area contributed by atoms with Crippen molar-refractivity contribution >= 4 is 0 Å². The van der Waals surface area contributed by atoms with Gasteiger partial charge in [0.15, 0.2) is 0 Å². The predicted octanol–water partition coefficient (Wildman–Crippen LogP) is 9.52. The molecular weight excluding hydrogens is 532 g/mol. The van der Waals surface area contributed by atoms with Crippen LogP contribution in [-0.4, -0.2) is 36.0 Å². The zero-order valence-corrected chi connectivity index (χ0v) is 25.0. The van der Waals surface area contributed by atoms with E-state index >= 15 is 0 Å². The molecule has 6 aromatic carbocycles. The average Bonchev–Trinajstić information content (AvgIpc) is 3.11. The molecule has 0 N–H and O–H groups in total. The Hall–Kier alpha value is -4.76. The number of hydrogen-bond donors (Lipinski definition) is 0. The molecule has 2 nitrogen and oxygen atoms in total. The van der Waals surface area contributed by atoms with Crippen LogP contribution in [0.4, 0.5) is 0 Å². The Bertz CT molecular complexity index is 1590. The van der Waals surface area contributed by atoms with Crippen molar-refractivity contribution in [2.24, 2.45) is 0 Å². The predicted molar refractivity (Wildman–Crippen MR) is 183 cm³/mol. The monoisotopic (exact) mass is 570 g/mol. The zero-order chi connectivity index (χ0) is 29.6. The number of rotatable bonds is 8. The maximum Gasteiger partial charge on any atom is 0.0602 e. The maximum atomic E-state index is 2.67. The largest absolute Gasteiger partial charge is 0.290 e. The number of nitrogens with zero attached hydrogens (tertiary/aromatic N) is 2. The van der Waals surface area contributed by atoms with Crippen molar-refractivity contribution in [2.45, 2.75) is 12.1 Å². The van der Waals surface area contributed by atoms with Crippen LogP contribution in [0.15, 0.2) is 170 Å². The van der Waals surface area contributed by atoms with Gasteiger partial charge in [-0.2, -0.15) is 0 Å². The van der Waals surface area contributed by atoms with Gasteiger partial charge in [-0.3, -0.25) is 9.80 Å². The fourth-order valence-corrected chi connectivity index (χ4v) is 6.73. The quantitative estimate of drug-likeness (QED) is 0.180. The van der Waals surface area contributed by atoms with Crippen LogP contribution in [0, 0.1) is 0 Å². The molecule has 1 aliphatic heterocycles. The molecule has 0 aliphatic carbocycles. The molecule has 6 aromatic rings. The molecule has 216 valence electrons. The summed E-state index contributed by atoms with van der Waals surface area (Å²) in [7, 11) is 0. The van der Waals surface area contributed by atoms with Crippen molar-refractivity contribution in [1.29, 1.82) is 0 Å². The SMILES string of the molecule is c1ccc(-c2ccc([C@@H](c3ccccc3)N3CCN([C@@H](c4ccccc4)c4ccc(-c5ccccc5)cc4)CC3)cc2)cc1. The first-order valence-electron chi connectivity index (χ1n) is 15.7. The van der Waals surface area contributed by atoms with Crippen molar-refractivity contribution in [3.8, 4) is 22.3 Å². The molecule has 1 aliphatic rings. The van der Waals surface area contributed by atoms with E-state index in [0.29, 0.717) is 0 Å². The summed E-state index contributed by atoms with van der Waals surface area (Å²) in [5, 5.41) is 0. The minimum Gasteiger partial charge on any atom is -0.290 e. The summed E-state index contributed by atoms with van der Waals surface area (Å²) < 4.78 is 0. The van der Waals surface area contributed by atoms with Crippen LogP contribution in [0.1, 0.15) is 34.3 Å². The van der Waals surface area contributed by atoms with Gasteiger partial charge < -0.3 is 0 Å². The molecule has 1 heterocycles. The summed E-state index contributed by atoms with van der Waals surface area (Å²) >= 11 is 0.